The van der Waals surface area contributed by atoms with Crippen LogP contribution in [0.15, 0.2) is 30.6 Å². The van der Waals surface area contributed by atoms with Gasteiger partial charge in [-0.05, 0) is 17.7 Å². The van der Waals surface area contributed by atoms with E-state index in [2.05, 4.69) is 16.4 Å². The molecule has 0 aliphatic rings. The van der Waals surface area contributed by atoms with Gasteiger partial charge < -0.3 is 14.6 Å². The number of methoxy groups -OCH3 is 1. The number of aryl methyl sites for hydroxylation is 1. The molecule has 0 unspecified atom stereocenters. The van der Waals surface area contributed by atoms with Crippen LogP contribution in [-0.2, 0) is 20.1 Å². The van der Waals surface area contributed by atoms with Gasteiger partial charge in [-0.1, -0.05) is 6.07 Å². The van der Waals surface area contributed by atoms with Crippen LogP contribution in [0.4, 0.5) is 0 Å². The van der Waals surface area contributed by atoms with Gasteiger partial charge in [0.2, 0.25) is 0 Å². The molecule has 0 atom stereocenters. The molecule has 98 valence electrons. The number of hydrogen-bond donors (Lipinski definition) is 1. The van der Waals surface area contributed by atoms with Gasteiger partial charge in [0.15, 0.2) is 0 Å². The van der Waals surface area contributed by atoms with E-state index in [0.29, 0.717) is 24.4 Å². The first kappa shape index (κ1) is 13.1. The van der Waals surface area contributed by atoms with Crippen molar-refractivity contribution < 1.29 is 4.74 Å². The maximum atomic E-state index is 9.02. The van der Waals surface area contributed by atoms with E-state index in [1.807, 2.05) is 36.0 Å². The van der Waals surface area contributed by atoms with Crippen LogP contribution in [0.2, 0.25) is 0 Å². The summed E-state index contributed by atoms with van der Waals surface area (Å²) in [4.78, 5) is 4.24. The highest BCUT2D eigenvalue weighted by molar-refractivity contribution is 5.45. The Kier molecular flexibility index (Phi) is 4.16. The molecule has 5 nitrogen and oxygen atoms in total. The molecule has 0 fully saturated rings. The summed E-state index contributed by atoms with van der Waals surface area (Å²) in [6.45, 7) is 1.38. The number of hydrogen-bond acceptors (Lipinski definition) is 4. The summed E-state index contributed by atoms with van der Waals surface area (Å²) in [6, 6.07) is 7.73. The molecule has 0 aliphatic carbocycles. The van der Waals surface area contributed by atoms with E-state index in [1.54, 1.807) is 13.3 Å². The zero-order valence-electron chi connectivity index (χ0n) is 11.1. The third kappa shape index (κ3) is 3.12. The molecule has 0 aliphatic heterocycles. The summed E-state index contributed by atoms with van der Waals surface area (Å²) >= 11 is 0. The van der Waals surface area contributed by atoms with Crippen molar-refractivity contribution >= 4 is 0 Å². The number of ether oxygens (including phenoxy) is 1. The average molecular weight is 256 g/mol. The Morgan fingerprint density at radius 2 is 2.26 bits per heavy atom. The quantitative estimate of drug-likeness (QED) is 0.882. The minimum atomic E-state index is 0.554. The van der Waals surface area contributed by atoms with Crippen molar-refractivity contribution in [3.05, 3.63) is 47.5 Å². The van der Waals surface area contributed by atoms with Crippen LogP contribution in [0.5, 0.6) is 5.75 Å². The topological polar surface area (TPSA) is 62.9 Å². The number of rotatable bonds is 5. The van der Waals surface area contributed by atoms with E-state index >= 15 is 0 Å². The Hall–Kier alpha value is -2.32. The lowest BCUT2D eigenvalue weighted by atomic mass is 10.1. The molecule has 2 aromatic rings. The van der Waals surface area contributed by atoms with Crippen molar-refractivity contribution in [2.45, 2.75) is 13.1 Å². The first-order valence-corrected chi connectivity index (χ1v) is 5.98. The molecule has 0 bridgehead atoms. The Bertz CT molecular complexity index is 598. The first-order chi connectivity index (χ1) is 9.24. The second-order valence-electron chi connectivity index (χ2n) is 4.20. The van der Waals surface area contributed by atoms with Crippen molar-refractivity contribution in [3.63, 3.8) is 0 Å². The molecule has 0 saturated heterocycles. The predicted octanol–water partition coefficient (Wildman–Crippen LogP) is 1.59. The highest BCUT2D eigenvalue weighted by Crippen LogP contribution is 2.18. The second-order valence-corrected chi connectivity index (χ2v) is 4.20. The smallest absolute Gasteiger partial charge is 0.136 e. The second kappa shape index (κ2) is 6.03. The van der Waals surface area contributed by atoms with Crippen molar-refractivity contribution in [2.75, 3.05) is 7.11 Å². The van der Waals surface area contributed by atoms with Crippen LogP contribution < -0.4 is 10.1 Å². The number of imidazole rings is 1. The molecule has 5 heteroatoms. The zero-order valence-corrected chi connectivity index (χ0v) is 11.1. The molecule has 1 aromatic heterocycles. The molecular weight excluding hydrogens is 240 g/mol. The van der Waals surface area contributed by atoms with Crippen LogP contribution in [-0.4, -0.2) is 16.7 Å². The van der Waals surface area contributed by atoms with Crippen LogP contribution in [0.3, 0.4) is 0 Å². The summed E-state index contributed by atoms with van der Waals surface area (Å²) in [5, 5.41) is 12.3. The molecule has 1 heterocycles. The highest BCUT2D eigenvalue weighted by Gasteiger charge is 2.04. The molecule has 0 amide bonds. The van der Waals surface area contributed by atoms with Gasteiger partial charge in [0.05, 0.1) is 19.2 Å². The summed E-state index contributed by atoms with van der Waals surface area (Å²) in [7, 11) is 3.53. The normalized spacial score (nSPS) is 10.2. The fraction of sp³-hybridized carbons (Fsp3) is 0.286. The lowest BCUT2D eigenvalue weighted by Gasteiger charge is -2.07. The van der Waals surface area contributed by atoms with E-state index in [4.69, 9.17) is 10.00 Å². The van der Waals surface area contributed by atoms with Crippen LogP contribution in [0.1, 0.15) is 17.0 Å². The third-order valence-electron chi connectivity index (χ3n) is 2.92. The lowest BCUT2D eigenvalue weighted by Crippen LogP contribution is -2.15. The summed E-state index contributed by atoms with van der Waals surface area (Å²) in [5.41, 5.74) is 1.60. The highest BCUT2D eigenvalue weighted by atomic mass is 16.5. The van der Waals surface area contributed by atoms with E-state index in [1.165, 1.54) is 0 Å². The maximum absolute atomic E-state index is 9.02. The molecule has 0 radical (unpaired) electrons. The lowest BCUT2D eigenvalue weighted by molar-refractivity contribution is 0.413. The molecule has 19 heavy (non-hydrogen) atoms. The molecule has 0 spiro atoms. The fourth-order valence-corrected chi connectivity index (χ4v) is 1.84. The predicted molar refractivity (Wildman–Crippen MR) is 71.5 cm³/mol. The van der Waals surface area contributed by atoms with Gasteiger partial charge >= 0.3 is 0 Å². The molecule has 0 saturated carbocycles. The average Bonchev–Trinajstić information content (AvgIpc) is 2.84. The van der Waals surface area contributed by atoms with Gasteiger partial charge in [-0.25, -0.2) is 4.98 Å². The molecule has 2 rings (SSSR count). The minimum Gasteiger partial charge on any atom is -0.495 e. The number of nitrogens with zero attached hydrogens (tertiary/aromatic N) is 3. The molecule has 1 aromatic carbocycles. The van der Waals surface area contributed by atoms with Gasteiger partial charge in [0, 0.05) is 26.0 Å². The summed E-state index contributed by atoms with van der Waals surface area (Å²) < 4.78 is 7.09. The zero-order chi connectivity index (χ0) is 13.7. The Morgan fingerprint density at radius 3 is 2.89 bits per heavy atom. The SMILES string of the molecule is COc1ccc(CNCc2nccn2C)cc1C#N. The standard InChI is InChI=1S/C14H16N4O/c1-18-6-5-17-14(18)10-16-9-11-3-4-13(19-2)12(7-11)8-15/h3-7,16H,9-10H2,1-2H3. The number of nitrogens with one attached hydrogen (secondary N) is 1. The number of aromatic nitrogens is 2. The van der Waals surface area contributed by atoms with E-state index in [-0.39, 0.29) is 0 Å². The van der Waals surface area contributed by atoms with Crippen molar-refractivity contribution in [1.29, 1.82) is 5.26 Å². The van der Waals surface area contributed by atoms with Crippen molar-refractivity contribution in [1.82, 2.24) is 14.9 Å². The van der Waals surface area contributed by atoms with Gasteiger partial charge in [0.25, 0.3) is 0 Å². The van der Waals surface area contributed by atoms with E-state index in [9.17, 15) is 0 Å². The van der Waals surface area contributed by atoms with Gasteiger partial charge in [-0.15, -0.1) is 0 Å². The van der Waals surface area contributed by atoms with E-state index in [0.717, 1.165) is 11.4 Å². The molecule has 1 N–H and O–H groups in total. The van der Waals surface area contributed by atoms with Crippen molar-refractivity contribution in [3.8, 4) is 11.8 Å². The fourth-order valence-electron chi connectivity index (χ4n) is 1.84. The number of nitriles is 1. The summed E-state index contributed by atoms with van der Waals surface area (Å²) in [6.07, 6.45) is 3.69. The van der Waals surface area contributed by atoms with Gasteiger partial charge in [-0.3, -0.25) is 0 Å². The van der Waals surface area contributed by atoms with Gasteiger partial charge in [0.1, 0.15) is 17.6 Å². The first-order valence-electron chi connectivity index (χ1n) is 5.98. The minimum absolute atomic E-state index is 0.554. The van der Waals surface area contributed by atoms with Crippen LogP contribution in [0, 0.1) is 11.3 Å². The Morgan fingerprint density at radius 1 is 1.42 bits per heavy atom. The van der Waals surface area contributed by atoms with Crippen molar-refractivity contribution in [2.24, 2.45) is 7.05 Å². The monoisotopic (exact) mass is 256 g/mol. The van der Waals surface area contributed by atoms with E-state index < -0.39 is 0 Å². The third-order valence-corrected chi connectivity index (χ3v) is 2.92. The summed E-state index contributed by atoms with van der Waals surface area (Å²) in [5.74, 6) is 1.59. The van der Waals surface area contributed by atoms with Gasteiger partial charge in [-0.2, -0.15) is 5.26 Å². The van der Waals surface area contributed by atoms with Crippen LogP contribution >= 0.6 is 0 Å². The number of benzene rings is 1. The maximum Gasteiger partial charge on any atom is 0.136 e. The molecular formula is C14H16N4O. The largest absolute Gasteiger partial charge is 0.495 e. The Labute approximate surface area is 112 Å². The Balaban J connectivity index is 1.97. The van der Waals surface area contributed by atoms with Crippen LogP contribution in [0.25, 0.3) is 0 Å².